The lowest BCUT2D eigenvalue weighted by Gasteiger charge is -2.12. The Kier molecular flexibility index (Phi) is 20.4. The Bertz CT molecular complexity index is 1580. The molecule has 0 aliphatic rings. The van der Waals surface area contributed by atoms with Gasteiger partial charge >= 0.3 is 0 Å². The van der Waals surface area contributed by atoms with Crippen LogP contribution in [0.1, 0.15) is 5.56 Å². The van der Waals surface area contributed by atoms with E-state index in [-0.39, 0.29) is 0 Å². The molecule has 0 saturated carbocycles. The van der Waals surface area contributed by atoms with E-state index in [1.54, 1.807) is 68.0 Å². The van der Waals surface area contributed by atoms with Crippen molar-refractivity contribution >= 4 is 134 Å². The van der Waals surface area contributed by atoms with Crippen LogP contribution in [-0.2, 0) is 0 Å². The molecule has 0 unspecified atom stereocenters. The summed E-state index contributed by atoms with van der Waals surface area (Å²) in [5, 5.41) is 0.670. The maximum Gasteiger partial charge on any atom is 0.159 e. The van der Waals surface area contributed by atoms with Crippen LogP contribution in [0, 0.1) is 17.6 Å². The van der Waals surface area contributed by atoms with E-state index in [4.69, 9.17) is 67.7 Å². The molecule has 0 aliphatic carbocycles. The molecule has 4 rings (SSSR count). The van der Waals surface area contributed by atoms with Crippen LogP contribution in [0.2, 0.25) is 5.02 Å². The lowest BCUT2D eigenvalue weighted by Crippen LogP contribution is -1.99. The van der Waals surface area contributed by atoms with E-state index in [9.17, 15) is 0 Å². The van der Waals surface area contributed by atoms with Crippen molar-refractivity contribution in [1.29, 1.82) is 0 Å². The van der Waals surface area contributed by atoms with Crippen LogP contribution in [0.5, 0.6) is 40.2 Å². The van der Waals surface area contributed by atoms with E-state index in [0.29, 0.717) is 61.0 Å². The average molecular weight is 1170 g/mol. The van der Waals surface area contributed by atoms with E-state index in [1.165, 1.54) is 0 Å². The number of nitrogens with two attached hydrogens (primary N) is 4. The Balaban J connectivity index is 0.000000327. The zero-order valence-electron chi connectivity index (χ0n) is 27.9. The molecule has 0 fully saturated rings. The van der Waals surface area contributed by atoms with Gasteiger partial charge in [0.1, 0.15) is 31.0 Å². The van der Waals surface area contributed by atoms with E-state index >= 15 is 0 Å². The van der Waals surface area contributed by atoms with Crippen LogP contribution < -0.4 is 56.1 Å². The number of anilines is 4. The summed E-state index contributed by atoms with van der Waals surface area (Å²) in [6.07, 6.45) is 0. The summed E-state index contributed by atoms with van der Waals surface area (Å²) < 4.78 is 40.1. The number of halogens is 6. The molecule has 0 heterocycles. The molecule has 17 heteroatoms. The van der Waals surface area contributed by atoms with Crippen LogP contribution in [0.25, 0.3) is 0 Å². The molecule has 8 N–H and O–H groups in total. The highest BCUT2D eigenvalue weighted by molar-refractivity contribution is 14.1. The van der Waals surface area contributed by atoms with Gasteiger partial charge in [-0.1, -0.05) is 11.6 Å². The molecule has 49 heavy (non-hydrogen) atoms. The van der Waals surface area contributed by atoms with Gasteiger partial charge < -0.3 is 56.1 Å². The molecular formula is C32H38Br2ClI3N4O7. The van der Waals surface area contributed by atoms with Gasteiger partial charge in [0.25, 0.3) is 0 Å². The summed E-state index contributed by atoms with van der Waals surface area (Å²) >= 11 is 19.0. The Morgan fingerprint density at radius 3 is 1.45 bits per heavy atom. The minimum Gasteiger partial charge on any atom is -0.496 e. The van der Waals surface area contributed by atoms with Gasteiger partial charge in [0, 0.05) is 11.1 Å². The molecule has 4 aromatic rings. The quantitative estimate of drug-likeness (QED) is 0.103. The predicted octanol–water partition coefficient (Wildman–Crippen LogP) is 9.44. The zero-order valence-corrected chi connectivity index (χ0v) is 38.3. The van der Waals surface area contributed by atoms with E-state index < -0.39 is 0 Å². The molecule has 0 atom stereocenters. The maximum atomic E-state index is 5.81. The van der Waals surface area contributed by atoms with Gasteiger partial charge in [-0.3, -0.25) is 0 Å². The number of benzene rings is 4. The van der Waals surface area contributed by atoms with Gasteiger partial charge in [-0.25, -0.2) is 0 Å². The molecule has 270 valence electrons. The van der Waals surface area contributed by atoms with Crippen molar-refractivity contribution in [2.45, 2.75) is 6.92 Å². The minimum absolute atomic E-state index is 0.557. The molecule has 0 aliphatic heterocycles. The number of hydrogen-bond donors (Lipinski definition) is 4. The monoisotopic (exact) mass is 1160 g/mol. The number of methoxy groups -OCH3 is 7. The normalized spacial score (nSPS) is 9.76. The fraction of sp³-hybridized carbons (Fsp3) is 0.250. The third kappa shape index (κ3) is 12.7. The number of ether oxygens (including phenoxy) is 7. The smallest absolute Gasteiger partial charge is 0.159 e. The molecule has 11 nitrogen and oxygen atoms in total. The van der Waals surface area contributed by atoms with Crippen LogP contribution in [0.15, 0.2) is 45.3 Å². The second kappa shape index (κ2) is 22.1. The standard InChI is InChI=1S/C8H9Br2NO2.C8H10ClNO.C8H9I2NO2.C8H10INO2/c1-12-7-4(9)3-5(11)8(13-2)6(7)10;1-5-3-8(11-2)7(10)4-6(5)9;1-12-7-4(9)3-5(11)8(13-2)6(7)10;1-11-7-4-8(12-2)6(10)3-5(7)9/h3H,11H2,1-2H3;3-4H,10H2,1-2H3;3H,11H2,1-2H3;3-4H,10H2,1-2H3. The zero-order chi connectivity index (χ0) is 37.6. The van der Waals surface area contributed by atoms with E-state index in [1.807, 2.05) is 25.1 Å². The first-order chi connectivity index (χ1) is 23.1. The van der Waals surface area contributed by atoms with Crippen molar-refractivity contribution in [2.75, 3.05) is 72.7 Å². The van der Waals surface area contributed by atoms with Crippen molar-refractivity contribution in [3.63, 3.8) is 0 Å². The first-order valence-corrected chi connectivity index (χ1v) is 18.7. The first kappa shape index (κ1) is 45.1. The van der Waals surface area contributed by atoms with Crippen molar-refractivity contribution in [2.24, 2.45) is 0 Å². The number of hydrogen-bond acceptors (Lipinski definition) is 11. The first-order valence-electron chi connectivity index (χ1n) is 13.5. The maximum absolute atomic E-state index is 5.81. The minimum atomic E-state index is 0.557. The van der Waals surface area contributed by atoms with Crippen molar-refractivity contribution in [3.05, 3.63) is 66.6 Å². The molecule has 0 bridgehead atoms. The average Bonchev–Trinajstić information content (AvgIpc) is 3.04. The van der Waals surface area contributed by atoms with Gasteiger partial charge in [-0.15, -0.1) is 0 Å². The van der Waals surface area contributed by atoms with Gasteiger partial charge in [0.15, 0.2) is 17.2 Å². The van der Waals surface area contributed by atoms with Crippen LogP contribution in [-0.4, -0.2) is 49.8 Å². The highest BCUT2D eigenvalue weighted by Crippen LogP contribution is 2.44. The van der Waals surface area contributed by atoms with E-state index in [2.05, 4.69) is 99.6 Å². The SMILES string of the molecule is COc1c(N)cc(Br)c(OC)c1Br.COc1c(N)cc(I)c(OC)c1I.COc1cc(C)c(Cl)cc1N.COc1cc(OC)c(I)cc1N. The lowest BCUT2D eigenvalue weighted by atomic mass is 10.2. The van der Waals surface area contributed by atoms with Crippen LogP contribution in [0.4, 0.5) is 22.7 Å². The molecule has 0 amide bonds. The lowest BCUT2D eigenvalue weighted by molar-refractivity contribution is 0.388. The second-order valence-corrected chi connectivity index (χ2v) is 14.7. The van der Waals surface area contributed by atoms with Gasteiger partial charge in [0.05, 0.1) is 84.1 Å². The highest BCUT2D eigenvalue weighted by Gasteiger charge is 2.15. The van der Waals surface area contributed by atoms with Gasteiger partial charge in [-0.2, -0.15) is 0 Å². The Hall–Kier alpha value is -1.88. The summed E-state index contributed by atoms with van der Waals surface area (Å²) in [5.41, 5.74) is 26.1. The third-order valence-corrected chi connectivity index (χ3v) is 10.5. The van der Waals surface area contributed by atoms with Crippen molar-refractivity contribution in [3.8, 4) is 40.2 Å². The summed E-state index contributed by atoms with van der Waals surface area (Å²) in [6, 6.07) is 10.7. The van der Waals surface area contributed by atoms with E-state index in [0.717, 1.165) is 32.2 Å². The fourth-order valence-electron chi connectivity index (χ4n) is 3.72. The summed E-state index contributed by atoms with van der Waals surface area (Å²) in [7, 11) is 11.2. The Morgan fingerprint density at radius 2 is 0.959 bits per heavy atom. The molecule has 0 spiro atoms. The largest absolute Gasteiger partial charge is 0.496 e. The van der Waals surface area contributed by atoms with Gasteiger partial charge in [0.2, 0.25) is 0 Å². The topological polar surface area (TPSA) is 169 Å². The molecule has 0 saturated heterocycles. The summed E-state index contributed by atoms with van der Waals surface area (Å²) in [6.45, 7) is 1.91. The summed E-state index contributed by atoms with van der Waals surface area (Å²) in [5.74, 6) is 4.84. The molecular weight excluding hydrogens is 1130 g/mol. The number of rotatable bonds is 7. The van der Waals surface area contributed by atoms with Crippen molar-refractivity contribution < 1.29 is 33.2 Å². The molecule has 0 aromatic heterocycles. The van der Waals surface area contributed by atoms with Crippen LogP contribution in [0.3, 0.4) is 0 Å². The number of nitrogen functional groups attached to an aromatic ring is 4. The number of aryl methyl sites for hydroxylation is 1. The Morgan fingerprint density at radius 1 is 0.510 bits per heavy atom. The van der Waals surface area contributed by atoms with Crippen LogP contribution >= 0.6 is 111 Å². The second-order valence-electron chi connectivity index (χ2n) is 9.23. The van der Waals surface area contributed by atoms with Gasteiger partial charge in [-0.05, 0) is 142 Å². The van der Waals surface area contributed by atoms with Crippen molar-refractivity contribution in [1.82, 2.24) is 0 Å². The Labute approximate surface area is 350 Å². The third-order valence-electron chi connectivity index (χ3n) is 6.15. The fourth-order valence-corrected chi connectivity index (χ4v) is 8.63. The molecule has 0 radical (unpaired) electrons. The molecule has 4 aromatic carbocycles. The predicted molar refractivity (Wildman–Crippen MR) is 233 cm³/mol. The highest BCUT2D eigenvalue weighted by atomic mass is 127. The summed E-state index contributed by atoms with van der Waals surface area (Å²) in [4.78, 5) is 0.